The molecule has 2 rings (SSSR count). The van der Waals surface area contributed by atoms with Crippen LogP contribution < -0.4 is 5.32 Å². The quantitative estimate of drug-likeness (QED) is 0.857. The highest BCUT2D eigenvalue weighted by molar-refractivity contribution is 7.98. The molecule has 1 atom stereocenters. The van der Waals surface area contributed by atoms with Gasteiger partial charge in [0.2, 0.25) is 0 Å². The fraction of sp³-hybridized carbons (Fsp3) is 0.571. The van der Waals surface area contributed by atoms with E-state index >= 15 is 0 Å². The normalized spacial score (nSPS) is 19.9. The SMILES string of the molecule is CCNC1CSCc2ccc(C(C)C)cc21. The van der Waals surface area contributed by atoms with Gasteiger partial charge in [-0.3, -0.25) is 0 Å². The third-order valence-corrected chi connectivity index (χ3v) is 4.29. The molecule has 1 N–H and O–H groups in total. The molecule has 1 aromatic carbocycles. The summed E-state index contributed by atoms with van der Waals surface area (Å²) in [5, 5.41) is 3.59. The molecule has 0 aromatic heterocycles. The van der Waals surface area contributed by atoms with Gasteiger partial charge in [-0.2, -0.15) is 11.8 Å². The molecule has 0 saturated heterocycles. The maximum Gasteiger partial charge on any atom is 0.0415 e. The van der Waals surface area contributed by atoms with Crippen molar-refractivity contribution in [2.45, 2.75) is 38.5 Å². The Morgan fingerprint density at radius 3 is 2.94 bits per heavy atom. The molecule has 0 amide bonds. The van der Waals surface area contributed by atoms with Gasteiger partial charge in [-0.25, -0.2) is 0 Å². The van der Waals surface area contributed by atoms with Crippen LogP contribution in [0.4, 0.5) is 0 Å². The summed E-state index contributed by atoms with van der Waals surface area (Å²) < 4.78 is 0. The molecule has 0 saturated carbocycles. The Labute approximate surface area is 103 Å². The van der Waals surface area contributed by atoms with Gasteiger partial charge in [0, 0.05) is 17.5 Å². The summed E-state index contributed by atoms with van der Waals surface area (Å²) in [5.74, 6) is 3.01. The van der Waals surface area contributed by atoms with Crippen molar-refractivity contribution >= 4 is 11.8 Å². The first-order chi connectivity index (χ1) is 7.72. The highest BCUT2D eigenvalue weighted by Gasteiger charge is 2.20. The van der Waals surface area contributed by atoms with Gasteiger partial charge in [-0.05, 0) is 29.2 Å². The highest BCUT2D eigenvalue weighted by atomic mass is 32.2. The fourth-order valence-electron chi connectivity index (χ4n) is 2.22. The van der Waals surface area contributed by atoms with Gasteiger partial charge < -0.3 is 5.32 Å². The number of benzene rings is 1. The van der Waals surface area contributed by atoms with Crippen LogP contribution in [0.2, 0.25) is 0 Å². The molecule has 0 fully saturated rings. The Balaban J connectivity index is 2.32. The first-order valence-corrected chi connectivity index (χ1v) is 7.31. The molecule has 1 heterocycles. The van der Waals surface area contributed by atoms with E-state index in [1.165, 1.54) is 28.2 Å². The topological polar surface area (TPSA) is 12.0 Å². The zero-order valence-electron chi connectivity index (χ0n) is 10.4. The minimum absolute atomic E-state index is 0.553. The van der Waals surface area contributed by atoms with Crippen molar-refractivity contribution in [1.29, 1.82) is 0 Å². The third kappa shape index (κ3) is 2.44. The van der Waals surface area contributed by atoms with E-state index in [2.05, 4.69) is 44.3 Å². The predicted molar refractivity (Wildman–Crippen MR) is 73.1 cm³/mol. The van der Waals surface area contributed by atoms with Crippen LogP contribution in [-0.4, -0.2) is 12.3 Å². The monoisotopic (exact) mass is 235 g/mol. The second-order valence-corrected chi connectivity index (χ2v) is 5.77. The van der Waals surface area contributed by atoms with E-state index < -0.39 is 0 Å². The summed E-state index contributed by atoms with van der Waals surface area (Å²) >= 11 is 2.04. The zero-order valence-corrected chi connectivity index (χ0v) is 11.2. The van der Waals surface area contributed by atoms with Gasteiger partial charge in [0.25, 0.3) is 0 Å². The second kappa shape index (κ2) is 5.24. The van der Waals surface area contributed by atoms with Gasteiger partial charge >= 0.3 is 0 Å². The summed E-state index contributed by atoms with van der Waals surface area (Å²) in [4.78, 5) is 0. The lowest BCUT2D eigenvalue weighted by molar-refractivity contribution is 0.597. The van der Waals surface area contributed by atoms with Crippen LogP contribution in [0.25, 0.3) is 0 Å². The average Bonchev–Trinajstić information content (AvgIpc) is 2.29. The third-order valence-electron chi connectivity index (χ3n) is 3.20. The van der Waals surface area contributed by atoms with E-state index in [0.717, 1.165) is 6.54 Å². The summed E-state index contributed by atoms with van der Waals surface area (Å²) in [6, 6.07) is 7.57. The van der Waals surface area contributed by atoms with Gasteiger partial charge in [0.05, 0.1) is 0 Å². The highest BCUT2D eigenvalue weighted by Crippen LogP contribution is 2.33. The number of rotatable bonds is 3. The number of thioether (sulfide) groups is 1. The molecule has 88 valence electrons. The molecule has 0 spiro atoms. The number of nitrogens with one attached hydrogen (secondary N) is 1. The van der Waals surface area contributed by atoms with Crippen LogP contribution in [0, 0.1) is 0 Å². The van der Waals surface area contributed by atoms with E-state index in [1.54, 1.807) is 0 Å². The van der Waals surface area contributed by atoms with Gasteiger partial charge in [-0.1, -0.05) is 39.0 Å². The average molecular weight is 235 g/mol. The Bertz CT molecular complexity index is 360. The van der Waals surface area contributed by atoms with Gasteiger partial charge in [-0.15, -0.1) is 0 Å². The Morgan fingerprint density at radius 2 is 2.25 bits per heavy atom. The number of fused-ring (bicyclic) bond motifs is 1. The van der Waals surface area contributed by atoms with E-state index in [1.807, 2.05) is 11.8 Å². The molecule has 1 aromatic rings. The predicted octanol–water partition coefficient (Wildman–Crippen LogP) is 3.71. The molecule has 16 heavy (non-hydrogen) atoms. The first-order valence-electron chi connectivity index (χ1n) is 6.16. The van der Waals surface area contributed by atoms with Crippen molar-refractivity contribution in [3.05, 3.63) is 34.9 Å². The van der Waals surface area contributed by atoms with Crippen molar-refractivity contribution in [3.63, 3.8) is 0 Å². The van der Waals surface area contributed by atoms with Crippen molar-refractivity contribution in [3.8, 4) is 0 Å². The lowest BCUT2D eigenvalue weighted by atomic mass is 9.94. The Hall–Kier alpha value is -0.470. The van der Waals surface area contributed by atoms with Gasteiger partial charge in [0.15, 0.2) is 0 Å². The zero-order chi connectivity index (χ0) is 11.5. The molecule has 0 aliphatic carbocycles. The fourth-order valence-corrected chi connectivity index (χ4v) is 3.35. The standard InChI is InChI=1S/C14H21NS/c1-4-15-14-9-16-8-12-6-5-11(10(2)3)7-13(12)14/h5-7,10,14-15H,4,8-9H2,1-3H3. The summed E-state index contributed by atoms with van der Waals surface area (Å²) in [7, 11) is 0. The van der Waals surface area contributed by atoms with Crippen LogP contribution in [0.3, 0.4) is 0 Å². The Kier molecular flexibility index (Phi) is 3.93. The van der Waals surface area contributed by atoms with Crippen molar-refractivity contribution in [2.24, 2.45) is 0 Å². The second-order valence-electron chi connectivity index (χ2n) is 4.74. The maximum absolute atomic E-state index is 3.59. The summed E-state index contributed by atoms with van der Waals surface area (Å²) in [6.45, 7) is 7.77. The first kappa shape index (κ1) is 12.0. The summed E-state index contributed by atoms with van der Waals surface area (Å²) in [6.07, 6.45) is 0. The van der Waals surface area contributed by atoms with Crippen molar-refractivity contribution in [1.82, 2.24) is 5.32 Å². The van der Waals surface area contributed by atoms with E-state index in [-0.39, 0.29) is 0 Å². The van der Waals surface area contributed by atoms with E-state index in [0.29, 0.717) is 12.0 Å². The minimum atomic E-state index is 0.553. The number of hydrogen-bond acceptors (Lipinski definition) is 2. The molecular weight excluding hydrogens is 214 g/mol. The molecule has 0 radical (unpaired) electrons. The number of hydrogen-bond donors (Lipinski definition) is 1. The molecule has 1 unspecified atom stereocenters. The van der Waals surface area contributed by atoms with Gasteiger partial charge in [0.1, 0.15) is 0 Å². The van der Waals surface area contributed by atoms with Crippen LogP contribution in [-0.2, 0) is 5.75 Å². The van der Waals surface area contributed by atoms with Crippen LogP contribution in [0.5, 0.6) is 0 Å². The molecule has 0 bridgehead atoms. The molecular formula is C14H21NS. The van der Waals surface area contributed by atoms with Crippen LogP contribution in [0.15, 0.2) is 18.2 Å². The molecule has 1 aliphatic rings. The lowest BCUT2D eigenvalue weighted by Crippen LogP contribution is -2.26. The Morgan fingerprint density at radius 1 is 1.44 bits per heavy atom. The van der Waals surface area contributed by atoms with E-state index in [4.69, 9.17) is 0 Å². The molecule has 2 heteroatoms. The maximum atomic E-state index is 3.59. The molecule has 1 aliphatic heterocycles. The minimum Gasteiger partial charge on any atom is -0.309 e. The smallest absolute Gasteiger partial charge is 0.0415 e. The molecule has 1 nitrogen and oxygen atoms in total. The van der Waals surface area contributed by atoms with Crippen LogP contribution >= 0.6 is 11.8 Å². The van der Waals surface area contributed by atoms with Crippen molar-refractivity contribution in [2.75, 3.05) is 12.3 Å². The van der Waals surface area contributed by atoms with Crippen molar-refractivity contribution < 1.29 is 0 Å². The van der Waals surface area contributed by atoms with E-state index in [9.17, 15) is 0 Å². The van der Waals surface area contributed by atoms with Crippen LogP contribution in [0.1, 0.15) is 49.4 Å². The lowest BCUT2D eigenvalue weighted by Gasteiger charge is -2.27. The largest absolute Gasteiger partial charge is 0.309 e. The summed E-state index contributed by atoms with van der Waals surface area (Å²) in [5.41, 5.74) is 4.52.